The molecule has 0 spiro atoms. The van der Waals surface area contributed by atoms with Crippen LogP contribution in [0.1, 0.15) is 0 Å². The van der Waals surface area contributed by atoms with Gasteiger partial charge in [-0.05, 0) is 60.7 Å². The van der Waals surface area contributed by atoms with E-state index in [1.54, 1.807) is 0 Å². The standard InChI is InChI=1S/C24H21N5O16S5/c25-18-7-6-16-17(22(18)28-26-13-1-3-14(4-2-13)46(31,32)10-9-45-50(42,43)44)12-21(49(39,40)41)23(24(16)30)29-27-19-11-15(47(33,34)35)5-8-20(19)48(36,37)38/h1-8,11-12,30H,9-10,25H2,(H,33,34,35)(H,36,37,38)(H,39,40,41)(H,42,43,44). The Morgan fingerprint density at radius 2 is 1.18 bits per heavy atom. The lowest BCUT2D eigenvalue weighted by Gasteiger charge is -2.12. The van der Waals surface area contributed by atoms with Crippen molar-refractivity contribution in [1.29, 1.82) is 0 Å². The highest BCUT2D eigenvalue weighted by Crippen LogP contribution is 2.46. The Kier molecular flexibility index (Phi) is 10.5. The number of fused-ring (bicyclic) bond motifs is 1. The monoisotopic (exact) mass is 795 g/mol. The lowest BCUT2D eigenvalue weighted by atomic mass is 10.1. The molecule has 0 fully saturated rings. The van der Waals surface area contributed by atoms with Gasteiger partial charge in [0.1, 0.15) is 26.9 Å². The van der Waals surface area contributed by atoms with Gasteiger partial charge in [-0.15, -0.1) is 15.3 Å². The Balaban J connectivity index is 1.80. The summed E-state index contributed by atoms with van der Waals surface area (Å²) >= 11 is 0. The van der Waals surface area contributed by atoms with Crippen LogP contribution in [0.4, 0.5) is 28.4 Å². The van der Waals surface area contributed by atoms with Gasteiger partial charge in [-0.3, -0.25) is 18.2 Å². The van der Waals surface area contributed by atoms with Crippen molar-refractivity contribution in [3.63, 3.8) is 0 Å². The molecule has 0 aliphatic carbocycles. The summed E-state index contributed by atoms with van der Waals surface area (Å²) in [5.41, 5.74) is 3.67. The van der Waals surface area contributed by atoms with E-state index in [0.29, 0.717) is 18.2 Å². The summed E-state index contributed by atoms with van der Waals surface area (Å²) in [6.45, 7) is -0.864. The molecule has 0 saturated carbocycles. The zero-order valence-electron chi connectivity index (χ0n) is 24.3. The SMILES string of the molecule is Nc1ccc2c(O)c(N=Nc3cc(S(=O)(=O)O)ccc3S(=O)(=O)O)c(S(=O)(=O)O)cc2c1N=Nc1ccc(S(=O)(=O)CCOS(=O)(=O)O)cc1. The number of rotatable bonds is 12. The van der Waals surface area contributed by atoms with Crippen molar-refractivity contribution >= 4 is 89.8 Å². The first-order valence-corrected chi connectivity index (χ1v) is 20.1. The minimum Gasteiger partial charge on any atom is -0.505 e. The molecule has 4 aromatic carbocycles. The number of azo groups is 2. The smallest absolute Gasteiger partial charge is 0.397 e. The maximum Gasteiger partial charge on any atom is 0.397 e. The Bertz CT molecular complexity index is 2640. The van der Waals surface area contributed by atoms with Crippen molar-refractivity contribution in [2.24, 2.45) is 20.5 Å². The summed E-state index contributed by atoms with van der Waals surface area (Å²) in [6, 6.07) is 9.26. The number of aromatic hydroxyl groups is 1. The van der Waals surface area contributed by atoms with Crippen LogP contribution < -0.4 is 5.73 Å². The third-order valence-electron chi connectivity index (χ3n) is 6.32. The second kappa shape index (κ2) is 13.7. The topological polar surface area (TPSA) is 357 Å². The average Bonchev–Trinajstić information content (AvgIpc) is 2.98. The number of nitrogens with zero attached hydrogens (tertiary/aromatic N) is 4. The number of hydrogen-bond donors (Lipinski definition) is 6. The molecule has 7 N–H and O–H groups in total. The molecule has 0 saturated heterocycles. The summed E-state index contributed by atoms with van der Waals surface area (Å²) < 4.78 is 159. The molecule has 0 aliphatic rings. The Morgan fingerprint density at radius 1 is 0.600 bits per heavy atom. The molecular formula is C24H21N5O16S5. The van der Waals surface area contributed by atoms with Gasteiger partial charge >= 0.3 is 10.4 Å². The van der Waals surface area contributed by atoms with Crippen LogP contribution in [0, 0.1) is 0 Å². The zero-order valence-corrected chi connectivity index (χ0v) is 28.4. The van der Waals surface area contributed by atoms with Crippen molar-refractivity contribution in [2.45, 2.75) is 19.6 Å². The maximum atomic E-state index is 12.4. The summed E-state index contributed by atoms with van der Waals surface area (Å²) in [5, 5.41) is 25.4. The highest BCUT2D eigenvalue weighted by atomic mass is 32.3. The number of nitrogens with two attached hydrogens (primary N) is 1. The summed E-state index contributed by atoms with van der Waals surface area (Å²) in [5.74, 6) is -1.80. The lowest BCUT2D eigenvalue weighted by Crippen LogP contribution is -2.15. The van der Waals surface area contributed by atoms with E-state index in [0.717, 1.165) is 18.2 Å². The molecule has 0 atom stereocenters. The fraction of sp³-hybridized carbons (Fsp3) is 0.0833. The van der Waals surface area contributed by atoms with Crippen LogP contribution in [0.5, 0.6) is 5.75 Å². The molecule has 26 heteroatoms. The van der Waals surface area contributed by atoms with Crippen LogP contribution in [0.15, 0.2) is 101 Å². The van der Waals surface area contributed by atoms with Gasteiger partial charge in [0.25, 0.3) is 30.4 Å². The first kappa shape index (κ1) is 38.3. The molecule has 0 aromatic heterocycles. The van der Waals surface area contributed by atoms with Crippen LogP contribution in [-0.2, 0) is 54.8 Å². The minimum absolute atomic E-state index is 0.0148. The van der Waals surface area contributed by atoms with E-state index in [2.05, 4.69) is 24.6 Å². The molecule has 0 aliphatic heterocycles. The third kappa shape index (κ3) is 8.98. The second-order valence-corrected chi connectivity index (χ2v) is 17.1. The number of hydrogen-bond acceptors (Lipinski definition) is 17. The van der Waals surface area contributed by atoms with Gasteiger partial charge < -0.3 is 10.8 Å². The second-order valence-electron chi connectivity index (χ2n) is 9.69. The molecule has 0 unspecified atom stereocenters. The van der Waals surface area contributed by atoms with Crippen LogP contribution in [0.3, 0.4) is 0 Å². The van der Waals surface area contributed by atoms with Gasteiger partial charge in [0.05, 0.1) is 33.5 Å². The number of sulfone groups is 1. The van der Waals surface area contributed by atoms with Crippen molar-refractivity contribution in [2.75, 3.05) is 18.1 Å². The van der Waals surface area contributed by atoms with Crippen LogP contribution in [-0.4, -0.2) is 77.8 Å². The summed E-state index contributed by atoms with van der Waals surface area (Å²) in [6.07, 6.45) is 0. The predicted molar refractivity (Wildman–Crippen MR) is 170 cm³/mol. The van der Waals surface area contributed by atoms with E-state index >= 15 is 0 Å². The number of nitrogen functional groups attached to an aromatic ring is 1. The largest absolute Gasteiger partial charge is 0.505 e. The van der Waals surface area contributed by atoms with E-state index in [4.69, 9.17) is 10.3 Å². The van der Waals surface area contributed by atoms with Crippen molar-refractivity contribution in [3.8, 4) is 5.75 Å². The van der Waals surface area contributed by atoms with Gasteiger partial charge in [0, 0.05) is 10.8 Å². The fourth-order valence-corrected chi connectivity index (χ4v) is 7.32. The molecule has 268 valence electrons. The quantitative estimate of drug-likeness (QED) is 0.0680. The van der Waals surface area contributed by atoms with Gasteiger partial charge in [-0.25, -0.2) is 12.6 Å². The fourth-order valence-electron chi connectivity index (χ4n) is 4.08. The molecule has 4 rings (SSSR count). The Morgan fingerprint density at radius 3 is 1.74 bits per heavy atom. The van der Waals surface area contributed by atoms with E-state index in [1.165, 1.54) is 24.3 Å². The predicted octanol–water partition coefficient (Wildman–Crippen LogP) is 3.29. The average molecular weight is 796 g/mol. The number of phenols is 1. The van der Waals surface area contributed by atoms with E-state index in [1.807, 2.05) is 0 Å². The molecule has 21 nitrogen and oxygen atoms in total. The normalized spacial score (nSPS) is 13.4. The van der Waals surface area contributed by atoms with Gasteiger partial charge in [-0.2, -0.15) is 38.8 Å². The molecular weight excluding hydrogens is 775 g/mol. The van der Waals surface area contributed by atoms with E-state index < -0.39 is 94.8 Å². The van der Waals surface area contributed by atoms with Gasteiger partial charge in [0.2, 0.25) is 0 Å². The number of benzene rings is 4. The molecule has 0 amide bonds. The lowest BCUT2D eigenvalue weighted by molar-refractivity contribution is 0.284. The van der Waals surface area contributed by atoms with Crippen LogP contribution in [0.2, 0.25) is 0 Å². The van der Waals surface area contributed by atoms with Gasteiger partial charge in [0.15, 0.2) is 15.6 Å². The Hall–Kier alpha value is -4.51. The van der Waals surface area contributed by atoms with Crippen LogP contribution in [0.25, 0.3) is 10.8 Å². The number of phenolic OH excluding ortho intramolecular Hbond substituents is 1. The van der Waals surface area contributed by atoms with E-state index in [9.17, 15) is 60.9 Å². The third-order valence-corrected chi connectivity index (χ3v) is 11.1. The van der Waals surface area contributed by atoms with Crippen LogP contribution >= 0.6 is 0 Å². The highest BCUT2D eigenvalue weighted by molar-refractivity contribution is 7.91. The zero-order chi connectivity index (χ0) is 37.4. The van der Waals surface area contributed by atoms with Crippen molar-refractivity contribution in [1.82, 2.24) is 0 Å². The number of anilines is 1. The molecule has 0 radical (unpaired) electrons. The van der Waals surface area contributed by atoms with Gasteiger partial charge in [-0.1, -0.05) is 0 Å². The van der Waals surface area contributed by atoms with Crippen molar-refractivity contribution < 1.29 is 69.6 Å². The Labute approximate surface area is 282 Å². The molecule has 50 heavy (non-hydrogen) atoms. The summed E-state index contributed by atoms with van der Waals surface area (Å²) in [7, 11) is -24.3. The first-order chi connectivity index (χ1) is 22.9. The van der Waals surface area contributed by atoms with Crippen molar-refractivity contribution in [3.05, 3.63) is 60.7 Å². The summed E-state index contributed by atoms with van der Waals surface area (Å²) in [4.78, 5) is -3.35. The molecule has 0 bridgehead atoms. The minimum atomic E-state index is -5.30. The molecule has 4 aromatic rings. The molecule has 0 heterocycles. The maximum absolute atomic E-state index is 12.4. The highest BCUT2D eigenvalue weighted by Gasteiger charge is 2.25. The van der Waals surface area contributed by atoms with E-state index in [-0.39, 0.29) is 32.7 Å². The first-order valence-electron chi connectivity index (χ1n) is 12.8.